The Morgan fingerprint density at radius 3 is 2.59 bits per heavy atom. The van der Waals surface area contributed by atoms with Gasteiger partial charge in [-0.25, -0.2) is 4.98 Å². The molecule has 0 radical (unpaired) electrons. The van der Waals surface area contributed by atoms with Crippen molar-refractivity contribution in [2.75, 3.05) is 0 Å². The Labute approximate surface area is 177 Å². The molecule has 2 aromatic carbocycles. The number of hydrogen-bond acceptors (Lipinski definition) is 4. The van der Waals surface area contributed by atoms with E-state index in [-0.39, 0.29) is 6.10 Å². The number of hydrogen-bond donors (Lipinski definition) is 1. The largest absolute Gasteiger partial charge is 0.368 e. The molecule has 1 N–H and O–H groups in total. The summed E-state index contributed by atoms with van der Waals surface area (Å²) in [6.07, 6.45) is 9.46. The van der Waals surface area contributed by atoms with Crippen molar-refractivity contribution >= 4 is 29.3 Å². The highest BCUT2D eigenvalue weighted by Crippen LogP contribution is 2.22. The SMILES string of the molecule is Clc1ccc(COC(/C=C/c2ccccc2)Cn2ccnc2)c(Cl)c1.O=[N+]([O-])O. The molecule has 1 atom stereocenters. The van der Waals surface area contributed by atoms with E-state index in [0.717, 1.165) is 11.1 Å². The molecule has 0 saturated heterocycles. The molecule has 3 rings (SSSR count). The predicted molar refractivity (Wildman–Crippen MR) is 112 cm³/mol. The van der Waals surface area contributed by atoms with Crippen molar-refractivity contribution in [1.29, 1.82) is 0 Å². The van der Waals surface area contributed by atoms with Gasteiger partial charge >= 0.3 is 0 Å². The van der Waals surface area contributed by atoms with Crippen molar-refractivity contribution in [3.05, 3.63) is 105 Å². The number of halogens is 2. The lowest BCUT2D eigenvalue weighted by atomic mass is 10.2. The van der Waals surface area contributed by atoms with E-state index in [1.807, 2.05) is 41.1 Å². The molecule has 0 fully saturated rings. The predicted octanol–water partition coefficient (Wildman–Crippen LogP) is 5.14. The molecule has 0 aliphatic rings. The molecule has 0 amide bonds. The summed E-state index contributed by atoms with van der Waals surface area (Å²) in [5, 5.41) is 14.9. The van der Waals surface area contributed by atoms with Crippen molar-refractivity contribution in [2.45, 2.75) is 19.3 Å². The summed E-state index contributed by atoms with van der Waals surface area (Å²) in [6, 6.07) is 15.6. The van der Waals surface area contributed by atoms with Crippen molar-refractivity contribution in [3.63, 3.8) is 0 Å². The third-order valence-corrected chi connectivity index (χ3v) is 4.31. The van der Waals surface area contributed by atoms with Crippen LogP contribution in [0.2, 0.25) is 10.0 Å². The summed E-state index contributed by atoms with van der Waals surface area (Å²) in [5.41, 5.74) is 2.04. The first kappa shape index (κ1) is 22.4. The molecular weight excluding hydrogens is 417 g/mol. The van der Waals surface area contributed by atoms with E-state index in [4.69, 9.17) is 43.3 Å². The Balaban J connectivity index is 0.000000687. The summed E-state index contributed by atoms with van der Waals surface area (Å²) in [5.74, 6) is 0. The monoisotopic (exact) mass is 435 g/mol. The first-order valence-corrected chi connectivity index (χ1v) is 9.27. The lowest BCUT2D eigenvalue weighted by Crippen LogP contribution is -2.17. The Morgan fingerprint density at radius 1 is 1.24 bits per heavy atom. The topological polar surface area (TPSA) is 90.4 Å². The average Bonchev–Trinajstić information content (AvgIpc) is 3.18. The molecule has 1 aromatic heterocycles. The molecule has 0 bridgehead atoms. The molecule has 0 aliphatic heterocycles. The van der Waals surface area contributed by atoms with Crippen LogP contribution in [-0.4, -0.2) is 25.9 Å². The van der Waals surface area contributed by atoms with Gasteiger partial charge in [0, 0.05) is 22.4 Å². The van der Waals surface area contributed by atoms with Crippen LogP contribution in [0.15, 0.2) is 73.3 Å². The minimum atomic E-state index is -1.50. The molecule has 152 valence electrons. The van der Waals surface area contributed by atoms with Crippen LogP contribution < -0.4 is 0 Å². The summed E-state index contributed by atoms with van der Waals surface area (Å²) in [4.78, 5) is 12.4. The van der Waals surface area contributed by atoms with Crippen molar-refractivity contribution in [1.82, 2.24) is 9.55 Å². The molecule has 0 aliphatic carbocycles. The average molecular weight is 436 g/mol. The molecule has 7 nitrogen and oxygen atoms in total. The normalized spacial score (nSPS) is 11.7. The minimum absolute atomic E-state index is 0.110. The van der Waals surface area contributed by atoms with Crippen LogP contribution in [0.4, 0.5) is 0 Å². The lowest BCUT2D eigenvalue weighted by Gasteiger charge is -2.16. The van der Waals surface area contributed by atoms with Crippen LogP contribution in [0.1, 0.15) is 11.1 Å². The fraction of sp³-hybridized carbons (Fsp3) is 0.150. The van der Waals surface area contributed by atoms with E-state index in [0.29, 0.717) is 23.2 Å². The van der Waals surface area contributed by atoms with Gasteiger partial charge in [-0.05, 0) is 23.3 Å². The Hall–Kier alpha value is -2.87. The quantitative estimate of drug-likeness (QED) is 0.409. The Morgan fingerprint density at radius 2 is 1.97 bits per heavy atom. The van der Waals surface area contributed by atoms with Gasteiger partial charge in [0.25, 0.3) is 5.09 Å². The van der Waals surface area contributed by atoms with E-state index in [1.54, 1.807) is 18.6 Å². The molecule has 3 aromatic rings. The zero-order chi connectivity index (χ0) is 21.1. The zero-order valence-corrected chi connectivity index (χ0v) is 16.8. The third kappa shape index (κ3) is 8.78. The fourth-order valence-corrected chi connectivity index (χ4v) is 2.85. The lowest BCUT2D eigenvalue weighted by molar-refractivity contribution is -0.742. The van der Waals surface area contributed by atoms with E-state index >= 15 is 0 Å². The first-order chi connectivity index (χ1) is 13.9. The van der Waals surface area contributed by atoms with Crippen LogP contribution in [0.3, 0.4) is 0 Å². The van der Waals surface area contributed by atoms with E-state index < -0.39 is 5.09 Å². The summed E-state index contributed by atoms with van der Waals surface area (Å²) < 4.78 is 8.07. The molecule has 1 unspecified atom stereocenters. The fourth-order valence-electron chi connectivity index (χ4n) is 2.39. The third-order valence-electron chi connectivity index (χ3n) is 3.72. The van der Waals surface area contributed by atoms with E-state index in [9.17, 15) is 0 Å². The van der Waals surface area contributed by atoms with E-state index in [1.165, 1.54) is 0 Å². The van der Waals surface area contributed by atoms with Crippen LogP contribution in [0.25, 0.3) is 6.08 Å². The Bertz CT molecular complexity index is 915. The molecule has 29 heavy (non-hydrogen) atoms. The number of imidazole rings is 1. The van der Waals surface area contributed by atoms with Crippen LogP contribution in [0.5, 0.6) is 0 Å². The second kappa shape index (κ2) is 11.9. The number of aromatic nitrogens is 2. The highest BCUT2D eigenvalue weighted by atomic mass is 35.5. The number of rotatable bonds is 7. The zero-order valence-electron chi connectivity index (χ0n) is 15.3. The maximum atomic E-state index is 8.36. The number of benzene rings is 2. The van der Waals surface area contributed by atoms with E-state index in [2.05, 4.69) is 29.3 Å². The van der Waals surface area contributed by atoms with Crippen LogP contribution in [-0.2, 0) is 17.9 Å². The molecule has 1 heterocycles. The first-order valence-electron chi connectivity index (χ1n) is 8.52. The summed E-state index contributed by atoms with van der Waals surface area (Å²) in [7, 11) is 0. The second-order valence-corrected chi connectivity index (χ2v) is 6.70. The highest BCUT2D eigenvalue weighted by molar-refractivity contribution is 6.35. The van der Waals surface area contributed by atoms with Gasteiger partial charge in [-0.15, -0.1) is 10.1 Å². The maximum absolute atomic E-state index is 8.36. The van der Waals surface area contributed by atoms with Gasteiger partial charge in [0.1, 0.15) is 0 Å². The Kier molecular flexibility index (Phi) is 9.17. The second-order valence-electron chi connectivity index (χ2n) is 5.85. The summed E-state index contributed by atoms with van der Waals surface area (Å²) in [6.45, 7) is 1.09. The van der Waals surface area contributed by atoms with Gasteiger partial charge < -0.3 is 14.5 Å². The number of nitrogens with zero attached hydrogens (tertiary/aromatic N) is 3. The van der Waals surface area contributed by atoms with Crippen molar-refractivity contribution in [2.24, 2.45) is 0 Å². The number of ether oxygens (including phenoxy) is 1. The molecular formula is C20H19Cl2N3O4. The molecule has 9 heteroatoms. The standard InChI is InChI=1S/C20H18Cl2N2O.HNO3/c21-18-8-7-17(20(22)12-18)14-25-19(13-24-11-10-23-15-24)9-6-16-4-2-1-3-5-16;2-1(3)4/h1-12,15,19H,13-14H2;(H,2,3,4)/b9-6+;. The smallest absolute Gasteiger partial charge is 0.291 e. The maximum Gasteiger partial charge on any atom is 0.291 e. The minimum Gasteiger partial charge on any atom is -0.368 e. The van der Waals surface area contributed by atoms with Crippen LogP contribution in [0, 0.1) is 10.1 Å². The van der Waals surface area contributed by atoms with Gasteiger partial charge in [-0.3, -0.25) is 0 Å². The molecule has 0 saturated carbocycles. The van der Waals surface area contributed by atoms with Gasteiger partial charge in [0.15, 0.2) is 0 Å². The van der Waals surface area contributed by atoms with Gasteiger partial charge in [0.2, 0.25) is 0 Å². The van der Waals surface area contributed by atoms with Gasteiger partial charge in [0.05, 0.1) is 25.6 Å². The van der Waals surface area contributed by atoms with Crippen molar-refractivity contribution < 1.29 is 15.0 Å². The van der Waals surface area contributed by atoms with Crippen LogP contribution >= 0.6 is 23.2 Å². The molecule has 0 spiro atoms. The van der Waals surface area contributed by atoms with Gasteiger partial charge in [-0.2, -0.15) is 0 Å². The van der Waals surface area contributed by atoms with Gasteiger partial charge in [-0.1, -0.05) is 71.8 Å². The highest BCUT2D eigenvalue weighted by Gasteiger charge is 2.09. The van der Waals surface area contributed by atoms with Crippen molar-refractivity contribution in [3.8, 4) is 0 Å². The summed E-state index contributed by atoms with van der Waals surface area (Å²) >= 11 is 12.2.